The quantitative estimate of drug-likeness (QED) is 0.199. The summed E-state index contributed by atoms with van der Waals surface area (Å²) < 4.78 is 9.98. The van der Waals surface area contributed by atoms with Gasteiger partial charge in [0.1, 0.15) is 6.33 Å². The van der Waals surface area contributed by atoms with E-state index >= 15 is 0 Å². The Morgan fingerprint density at radius 3 is 2.35 bits per heavy atom. The highest BCUT2D eigenvalue weighted by molar-refractivity contribution is 5.98. The summed E-state index contributed by atoms with van der Waals surface area (Å²) in [5, 5.41) is 13.8. The average Bonchev–Trinajstić information content (AvgIpc) is 3.57. The van der Waals surface area contributed by atoms with Gasteiger partial charge in [0.25, 0.3) is 0 Å². The maximum absolute atomic E-state index is 6.47. The smallest absolute Gasteiger partial charge is 0.230 e. The van der Waals surface area contributed by atoms with Crippen molar-refractivity contribution < 1.29 is 9.57 Å². The molecule has 1 aliphatic rings. The fraction of sp³-hybridized carbons (Fsp3) is 0.129. The normalized spacial score (nSPS) is 14.4. The van der Waals surface area contributed by atoms with Crippen LogP contribution in [0.3, 0.4) is 0 Å². The van der Waals surface area contributed by atoms with Gasteiger partial charge in [-0.05, 0) is 37.1 Å². The number of hydrogen-bond donors (Lipinski definition) is 0. The van der Waals surface area contributed by atoms with Crippen molar-refractivity contribution in [1.82, 2.24) is 29.4 Å². The second kappa shape index (κ2) is 9.77. The van der Waals surface area contributed by atoms with Gasteiger partial charge >= 0.3 is 0 Å². The molecule has 0 bridgehead atoms. The third kappa shape index (κ3) is 4.08. The van der Waals surface area contributed by atoms with E-state index in [1.807, 2.05) is 97.4 Å². The minimum atomic E-state index is -0.204. The minimum Gasteiger partial charge on any atom is -0.420 e. The number of aryl methyl sites for hydroxylation is 1. The maximum atomic E-state index is 6.47. The lowest BCUT2D eigenvalue weighted by Gasteiger charge is -2.26. The molecule has 3 aromatic heterocycles. The lowest BCUT2D eigenvalue weighted by molar-refractivity contribution is 0.125. The largest absolute Gasteiger partial charge is 0.420 e. The van der Waals surface area contributed by atoms with E-state index in [4.69, 9.17) is 19.7 Å². The van der Waals surface area contributed by atoms with E-state index in [9.17, 15) is 0 Å². The van der Waals surface area contributed by atoms with Gasteiger partial charge in [-0.2, -0.15) is 5.10 Å². The first-order valence-corrected chi connectivity index (χ1v) is 13.0. The molecule has 3 aromatic carbocycles. The Morgan fingerprint density at radius 1 is 0.900 bits per heavy atom. The van der Waals surface area contributed by atoms with Crippen molar-refractivity contribution in [1.29, 1.82) is 0 Å². The standard InChI is InChI=1S/C31H25N7O2/c1-20(22-12-6-3-7-13-22)36-39-18-25-33-29-28-27(23-14-8-4-9-15-23)26-21(2)34-38(24-16-10-5-11-17-24)31(26)40-30(28)32-19-37(29)35-25/h3-17,19,27H,18H2,1-2H3. The van der Waals surface area contributed by atoms with Gasteiger partial charge < -0.3 is 9.57 Å². The molecule has 7 rings (SSSR count). The maximum Gasteiger partial charge on any atom is 0.230 e. The highest BCUT2D eigenvalue weighted by atomic mass is 16.6. The van der Waals surface area contributed by atoms with Gasteiger partial charge in [-0.3, -0.25) is 0 Å². The number of fused-ring (bicyclic) bond motifs is 4. The molecule has 0 aliphatic carbocycles. The van der Waals surface area contributed by atoms with Gasteiger partial charge in [0.05, 0.1) is 34.1 Å². The molecule has 6 aromatic rings. The van der Waals surface area contributed by atoms with Gasteiger partial charge in [-0.1, -0.05) is 84.0 Å². The summed E-state index contributed by atoms with van der Waals surface area (Å²) >= 11 is 0. The van der Waals surface area contributed by atoms with Crippen LogP contribution in [0.1, 0.15) is 46.6 Å². The van der Waals surface area contributed by atoms with Gasteiger partial charge in [0, 0.05) is 0 Å². The van der Waals surface area contributed by atoms with Crippen LogP contribution < -0.4 is 4.74 Å². The molecule has 0 spiro atoms. The average molecular weight is 528 g/mol. The molecule has 1 atom stereocenters. The van der Waals surface area contributed by atoms with E-state index in [0.29, 0.717) is 23.2 Å². The number of benzene rings is 3. The van der Waals surface area contributed by atoms with Gasteiger partial charge in [-0.25, -0.2) is 19.2 Å². The van der Waals surface area contributed by atoms with Gasteiger partial charge in [0.2, 0.25) is 11.8 Å². The summed E-state index contributed by atoms with van der Waals surface area (Å²) in [6.07, 6.45) is 1.62. The summed E-state index contributed by atoms with van der Waals surface area (Å²) in [5.74, 6) is 1.42. The fourth-order valence-corrected chi connectivity index (χ4v) is 5.13. The zero-order valence-electron chi connectivity index (χ0n) is 22.0. The molecule has 0 saturated carbocycles. The van der Waals surface area contributed by atoms with Crippen LogP contribution in [0.5, 0.6) is 11.8 Å². The minimum absolute atomic E-state index is 0.119. The molecule has 0 fully saturated rings. The van der Waals surface area contributed by atoms with Gasteiger partial charge in [0.15, 0.2) is 18.1 Å². The molecular weight excluding hydrogens is 502 g/mol. The van der Waals surface area contributed by atoms with E-state index in [-0.39, 0.29) is 12.5 Å². The first-order chi connectivity index (χ1) is 19.7. The van der Waals surface area contributed by atoms with Crippen LogP contribution >= 0.6 is 0 Å². The number of aromatic nitrogens is 6. The summed E-state index contributed by atoms with van der Waals surface area (Å²) in [5.41, 5.74) is 7.10. The Balaban J connectivity index is 1.31. The molecule has 0 saturated heterocycles. The molecule has 4 heterocycles. The van der Waals surface area contributed by atoms with Crippen molar-refractivity contribution in [2.45, 2.75) is 26.4 Å². The van der Waals surface area contributed by atoms with Crippen LogP contribution in [0.15, 0.2) is 102 Å². The van der Waals surface area contributed by atoms with E-state index < -0.39 is 0 Å². The van der Waals surface area contributed by atoms with Crippen LogP contribution in [0.4, 0.5) is 0 Å². The number of hydrogen-bond acceptors (Lipinski definition) is 7. The number of rotatable bonds is 6. The molecule has 40 heavy (non-hydrogen) atoms. The molecule has 0 radical (unpaired) electrons. The SMILES string of the molecule is CC(=NOCc1nc2c3c(ncn2n1)Oc1c(c(C)nn1-c1ccccc1)C3c1ccccc1)c1ccccc1. The third-order valence-corrected chi connectivity index (χ3v) is 6.98. The van der Waals surface area contributed by atoms with E-state index in [0.717, 1.165) is 39.3 Å². The van der Waals surface area contributed by atoms with Crippen LogP contribution in [0.2, 0.25) is 0 Å². The zero-order chi connectivity index (χ0) is 27.1. The van der Waals surface area contributed by atoms with Crippen molar-refractivity contribution >= 4 is 11.4 Å². The third-order valence-electron chi connectivity index (χ3n) is 6.98. The molecular formula is C31H25N7O2. The predicted molar refractivity (Wildman–Crippen MR) is 150 cm³/mol. The predicted octanol–water partition coefficient (Wildman–Crippen LogP) is 5.85. The lowest BCUT2D eigenvalue weighted by atomic mass is 9.84. The monoisotopic (exact) mass is 527 g/mol. The Hall–Kier alpha value is -5.31. The number of ether oxygens (including phenoxy) is 1. The van der Waals surface area contributed by atoms with Gasteiger partial charge in [-0.15, -0.1) is 5.10 Å². The second-order valence-electron chi connectivity index (χ2n) is 9.57. The summed E-state index contributed by atoms with van der Waals surface area (Å²) in [6.45, 7) is 4.03. The lowest BCUT2D eigenvalue weighted by Crippen LogP contribution is -2.16. The number of para-hydroxylation sites is 1. The summed E-state index contributed by atoms with van der Waals surface area (Å²) in [7, 11) is 0. The summed E-state index contributed by atoms with van der Waals surface area (Å²) in [6, 6.07) is 30.1. The van der Waals surface area contributed by atoms with E-state index in [1.54, 1.807) is 10.8 Å². The van der Waals surface area contributed by atoms with E-state index in [1.165, 1.54) is 0 Å². The molecule has 1 aliphatic heterocycles. The highest BCUT2D eigenvalue weighted by Gasteiger charge is 2.38. The Labute approximate surface area is 230 Å². The van der Waals surface area contributed by atoms with Crippen molar-refractivity contribution in [2.75, 3.05) is 0 Å². The second-order valence-corrected chi connectivity index (χ2v) is 9.57. The molecule has 0 N–H and O–H groups in total. The molecule has 9 nitrogen and oxygen atoms in total. The van der Waals surface area contributed by atoms with Crippen molar-refractivity contribution in [3.63, 3.8) is 0 Å². The fourth-order valence-electron chi connectivity index (χ4n) is 5.13. The van der Waals surface area contributed by atoms with Crippen molar-refractivity contribution in [2.24, 2.45) is 5.16 Å². The van der Waals surface area contributed by atoms with Crippen LogP contribution in [0.25, 0.3) is 11.3 Å². The summed E-state index contributed by atoms with van der Waals surface area (Å²) in [4.78, 5) is 15.1. The molecule has 0 amide bonds. The Bertz CT molecular complexity index is 1850. The van der Waals surface area contributed by atoms with Crippen LogP contribution in [0, 0.1) is 6.92 Å². The first-order valence-electron chi connectivity index (χ1n) is 13.0. The van der Waals surface area contributed by atoms with Crippen molar-refractivity contribution in [3.8, 4) is 17.4 Å². The van der Waals surface area contributed by atoms with Crippen molar-refractivity contribution in [3.05, 3.63) is 131 Å². The zero-order valence-corrected chi connectivity index (χ0v) is 22.0. The number of nitrogens with zero attached hydrogens (tertiary/aromatic N) is 7. The van der Waals surface area contributed by atoms with Crippen LogP contribution in [-0.2, 0) is 11.4 Å². The number of oxime groups is 1. The molecule has 1 unspecified atom stereocenters. The first kappa shape index (κ1) is 23.8. The topological polar surface area (TPSA) is 91.7 Å². The highest BCUT2D eigenvalue weighted by Crippen LogP contribution is 2.49. The Morgan fingerprint density at radius 2 is 1.60 bits per heavy atom. The Kier molecular flexibility index (Phi) is 5.81. The van der Waals surface area contributed by atoms with E-state index in [2.05, 4.69) is 27.4 Å². The molecule has 9 heteroatoms. The molecule has 196 valence electrons. The van der Waals surface area contributed by atoms with Crippen LogP contribution in [-0.4, -0.2) is 35.1 Å².